The average molecular weight is 346 g/mol. The predicted octanol–water partition coefficient (Wildman–Crippen LogP) is -7.94. The Kier molecular flexibility index (Phi) is 66.9. The van der Waals surface area contributed by atoms with Gasteiger partial charge in [-0.25, -0.2) is 0 Å². The van der Waals surface area contributed by atoms with E-state index in [1.54, 1.807) is 0 Å². The summed E-state index contributed by atoms with van der Waals surface area (Å²) in [5.74, 6) is 0. The van der Waals surface area contributed by atoms with Crippen molar-refractivity contribution in [3.05, 3.63) is 22.9 Å². The summed E-state index contributed by atoms with van der Waals surface area (Å²) in [4.78, 5) is 0. The van der Waals surface area contributed by atoms with Crippen LogP contribution in [0.1, 0.15) is 0 Å². The zero-order chi connectivity index (χ0) is 11.3. The summed E-state index contributed by atoms with van der Waals surface area (Å²) in [5.41, 5.74) is 25.1. The Morgan fingerprint density at radius 2 is 0.812 bits per heavy atom. The molecule has 0 unspecified atom stereocenters. The molecule has 0 saturated heterocycles. The molecule has 0 aromatic rings. The predicted molar refractivity (Wildman–Crippen MR) is 39.0 cm³/mol. The summed E-state index contributed by atoms with van der Waals surface area (Å²) in [5, 5.41) is 0. The van der Waals surface area contributed by atoms with Gasteiger partial charge < -0.3 is 47.7 Å². The summed E-state index contributed by atoms with van der Waals surface area (Å²) < 4.78 is 32.7. The van der Waals surface area contributed by atoms with E-state index in [-0.39, 0.29) is 67.8 Å². The van der Waals surface area contributed by atoms with E-state index in [0.29, 0.717) is 0 Å². The van der Waals surface area contributed by atoms with Gasteiger partial charge in [-0.3, -0.25) is 0 Å². The Bertz CT molecular complexity index is 78.2. The first-order valence-corrected chi connectivity index (χ1v) is 4.31. The Labute approximate surface area is 119 Å². The molecule has 0 saturated carbocycles. The van der Waals surface area contributed by atoms with Crippen molar-refractivity contribution in [1.82, 2.24) is 0 Å². The minimum Gasteiger partial charge on any atom is -1.00 e. The van der Waals surface area contributed by atoms with Crippen molar-refractivity contribution in [2.75, 3.05) is 26.2 Å². The molecule has 0 amide bonds. The Balaban J connectivity index is -0.0000000216. The van der Waals surface area contributed by atoms with Crippen molar-refractivity contribution >= 4 is 0 Å². The fourth-order valence-corrected chi connectivity index (χ4v) is 0. The maximum Gasteiger partial charge on any atom is 3.00 e. The molecule has 0 aliphatic carbocycles. The smallest absolute Gasteiger partial charge is 1.00 e. The molecule has 8 nitrogen and oxygen atoms in total. The largest absolute Gasteiger partial charge is 3.00 e. The van der Waals surface area contributed by atoms with Gasteiger partial charge in [-0.15, -0.1) is 0 Å². The van der Waals surface area contributed by atoms with Gasteiger partial charge in [-0.1, -0.05) is 0 Å². The number of hydrogen-bond acceptors (Lipinski definition) is 4. The van der Waals surface area contributed by atoms with E-state index < -0.39 is 10.2 Å². The van der Waals surface area contributed by atoms with Gasteiger partial charge >= 0.3 is 16.8 Å². The van der Waals surface area contributed by atoms with Crippen LogP contribution in [0.25, 0.3) is 22.9 Å². The van der Waals surface area contributed by atoms with Gasteiger partial charge in [0.25, 0.3) is 0 Å². The zero-order valence-corrected chi connectivity index (χ0v) is 11.3. The van der Waals surface area contributed by atoms with Gasteiger partial charge in [0.05, 0.1) is 14.9 Å². The molecule has 0 heterocycles. The number of halogens is 3. The van der Waals surface area contributed by atoms with Crippen molar-refractivity contribution in [2.24, 2.45) is 0 Å². The molecule has 106 valence electrons. The fourth-order valence-electron chi connectivity index (χ4n) is 0. The van der Waals surface area contributed by atoms with Gasteiger partial charge in [0.1, 0.15) is 0 Å². The van der Waals surface area contributed by atoms with Crippen LogP contribution in [0.4, 0.5) is 0 Å². The van der Waals surface area contributed by atoms with Gasteiger partial charge in [0, 0.05) is 0 Å². The third-order valence-electron chi connectivity index (χ3n) is 0.250. The van der Waals surface area contributed by atoms with E-state index in [1.165, 1.54) is 0 Å². The summed E-state index contributed by atoms with van der Waals surface area (Å²) in [6.07, 6.45) is 0. The molecular formula is C4H13Cl3CoN4O4-3. The summed E-state index contributed by atoms with van der Waals surface area (Å²) >= 11 is 0. The maximum absolute atomic E-state index is 8.60. The molecule has 0 bridgehead atoms. The summed E-state index contributed by atoms with van der Waals surface area (Å²) in [6.45, 7) is 0.944. The van der Waals surface area contributed by atoms with E-state index >= 15 is 0 Å². The average Bonchev–Trinajstić information content (AvgIpc) is 2.01. The molecule has 0 aromatic heterocycles. The molecule has 0 rings (SSSR count). The molecule has 0 aliphatic heterocycles. The third kappa shape index (κ3) is 318. The second kappa shape index (κ2) is 29.8. The Hall–Kier alpha value is 1.06. The second-order valence-electron chi connectivity index (χ2n) is 1.40. The Morgan fingerprint density at radius 1 is 0.750 bits per heavy atom. The minimum atomic E-state index is -4.69. The van der Waals surface area contributed by atoms with E-state index in [9.17, 15) is 0 Å². The van der Waals surface area contributed by atoms with Crippen LogP contribution in [0, 0.1) is 10.2 Å². The monoisotopic (exact) mass is 345 g/mol. The minimum absolute atomic E-state index is 0. The SMILES string of the molecule is [Cl-].[Cl-].[Co+3].[NH-]CC[NH-].[NH-]CC[NH-].[O-][Cl+3]([O-])([O-])O. The van der Waals surface area contributed by atoms with Gasteiger partial charge in [-0.2, -0.15) is 40.2 Å². The molecule has 0 spiro atoms. The molecule has 12 heteroatoms. The normalized spacial score (nSPS) is 7.50. The van der Waals surface area contributed by atoms with Crippen LogP contribution in [0.3, 0.4) is 0 Å². The molecular weight excluding hydrogens is 333 g/mol. The summed E-state index contributed by atoms with van der Waals surface area (Å²) in [7, 11) is -4.69. The van der Waals surface area contributed by atoms with E-state index in [1.807, 2.05) is 0 Å². The Morgan fingerprint density at radius 3 is 0.812 bits per heavy atom. The van der Waals surface area contributed by atoms with Crippen LogP contribution in [0.15, 0.2) is 0 Å². The van der Waals surface area contributed by atoms with E-state index in [2.05, 4.69) is 0 Å². The van der Waals surface area contributed by atoms with Crippen molar-refractivity contribution in [3.8, 4) is 0 Å². The fraction of sp³-hybridized carbons (Fsp3) is 1.00. The topological polar surface area (TPSA) is 185 Å². The van der Waals surface area contributed by atoms with Gasteiger partial charge in [0.15, 0.2) is 0 Å². The van der Waals surface area contributed by atoms with Crippen LogP contribution in [-0.2, 0) is 16.8 Å². The zero-order valence-electron chi connectivity index (χ0n) is 7.97. The van der Waals surface area contributed by atoms with Gasteiger partial charge in [0.2, 0.25) is 0 Å². The molecule has 5 N–H and O–H groups in total. The van der Waals surface area contributed by atoms with Crippen molar-refractivity contribution < 1.29 is 70.5 Å². The molecule has 16 heavy (non-hydrogen) atoms. The quantitative estimate of drug-likeness (QED) is 0.520. The first-order valence-electron chi connectivity index (χ1n) is 3.05. The van der Waals surface area contributed by atoms with Crippen LogP contribution >= 0.6 is 0 Å². The van der Waals surface area contributed by atoms with Crippen molar-refractivity contribution in [1.29, 1.82) is 0 Å². The number of hydrogen-bond donors (Lipinski definition) is 1. The van der Waals surface area contributed by atoms with Gasteiger partial charge in [-0.05, 0) is 0 Å². The summed E-state index contributed by atoms with van der Waals surface area (Å²) in [6, 6.07) is 0. The maximum atomic E-state index is 8.60. The molecule has 0 aliphatic rings. The van der Waals surface area contributed by atoms with Crippen molar-refractivity contribution in [2.45, 2.75) is 0 Å². The third-order valence-corrected chi connectivity index (χ3v) is 0.250. The first-order chi connectivity index (χ1) is 5.83. The first kappa shape index (κ1) is 36.0. The molecule has 0 fully saturated rings. The van der Waals surface area contributed by atoms with Crippen molar-refractivity contribution in [3.63, 3.8) is 0 Å². The van der Waals surface area contributed by atoms with Crippen LogP contribution in [0.2, 0.25) is 0 Å². The van der Waals surface area contributed by atoms with Crippen LogP contribution in [0.5, 0.6) is 0 Å². The van der Waals surface area contributed by atoms with Crippen LogP contribution < -0.4 is 38.8 Å². The molecule has 0 aromatic carbocycles. The number of nitrogens with one attached hydrogen (secondary N) is 4. The van der Waals surface area contributed by atoms with Crippen LogP contribution in [-0.4, -0.2) is 30.8 Å². The van der Waals surface area contributed by atoms with E-state index in [0.717, 1.165) is 0 Å². The standard InChI is InChI=1S/2C2H6N2.ClHO4.2ClH.Co/c2*3-1-2-4;2-1(3,4)5;;;/h2*3-4H,1-2H2;(H,2,3,4,5);2*1H;/q2*-2;;;;+3/p-2. The second-order valence-corrected chi connectivity index (χ2v) is 2.19. The molecule has 0 atom stereocenters. The number of rotatable bonds is 2. The van der Waals surface area contributed by atoms with E-state index in [4.69, 9.17) is 41.6 Å². The molecule has 0 radical (unpaired) electrons.